The first-order valence-corrected chi connectivity index (χ1v) is 14.5. The zero-order chi connectivity index (χ0) is 25.4. The summed E-state index contributed by atoms with van der Waals surface area (Å²) in [6, 6.07) is 6.31. The molecule has 12 heteroatoms. The van der Waals surface area contributed by atoms with Gasteiger partial charge in [0.15, 0.2) is 9.34 Å². The summed E-state index contributed by atoms with van der Waals surface area (Å²) < 4.78 is 27.7. The second-order valence-corrected chi connectivity index (χ2v) is 12.8. The summed E-state index contributed by atoms with van der Waals surface area (Å²) in [5, 5.41) is 7.46. The number of amides is 1. The van der Waals surface area contributed by atoms with E-state index in [9.17, 15) is 13.2 Å². The van der Waals surface area contributed by atoms with Crippen LogP contribution in [0.15, 0.2) is 28.6 Å². The van der Waals surface area contributed by atoms with Crippen LogP contribution in [-0.4, -0.2) is 77.2 Å². The van der Waals surface area contributed by atoms with Crippen molar-refractivity contribution in [3.8, 4) is 0 Å². The molecule has 3 aromatic rings. The van der Waals surface area contributed by atoms with Crippen LogP contribution in [0, 0.1) is 6.92 Å². The summed E-state index contributed by atoms with van der Waals surface area (Å²) in [7, 11) is -3.63. The lowest BCUT2D eigenvalue weighted by molar-refractivity contribution is -0.114. The van der Waals surface area contributed by atoms with Crippen molar-refractivity contribution in [2.75, 3.05) is 43.4 Å². The number of nitrogens with zero attached hydrogens (tertiary/aromatic N) is 5. The molecule has 1 aliphatic carbocycles. The number of fused-ring (bicyclic) bond motifs is 1. The zero-order valence-corrected chi connectivity index (χ0v) is 22.3. The normalized spacial score (nSPS) is 18.3. The van der Waals surface area contributed by atoms with Gasteiger partial charge in [0, 0.05) is 57.0 Å². The topological polar surface area (TPSA) is 120 Å². The third kappa shape index (κ3) is 5.36. The van der Waals surface area contributed by atoms with Crippen LogP contribution in [0.4, 0.5) is 10.9 Å². The van der Waals surface area contributed by atoms with Gasteiger partial charge in [-0.15, -0.1) is 0 Å². The smallest absolute Gasteiger partial charge is 0.254 e. The Bertz CT molecular complexity index is 1380. The maximum absolute atomic E-state index is 13.0. The van der Waals surface area contributed by atoms with Crippen molar-refractivity contribution in [1.82, 2.24) is 24.2 Å². The quantitative estimate of drug-likeness (QED) is 0.457. The molecule has 0 spiro atoms. The first-order chi connectivity index (χ1) is 17.2. The largest absolute Gasteiger partial charge is 0.366 e. The average molecular weight is 530 g/mol. The van der Waals surface area contributed by atoms with Gasteiger partial charge >= 0.3 is 0 Å². The minimum Gasteiger partial charge on any atom is -0.366 e. The average Bonchev–Trinajstić information content (AvgIpc) is 3.58. The molecular formula is C24H31N7O3S2. The van der Waals surface area contributed by atoms with Gasteiger partial charge in [-0.2, -0.15) is 4.31 Å². The standard InChI is InChI=1S/C24H31N7O3S2/c1-15-5-4-6-19-21(15)28-22(18-7-8-18)29-23(19)26-16(2)14-30-9-11-31(12-10-30)36(33,34)20-13-25-24(35-20)27-17(3)32/h4-6,13,16,18H,7-12,14H2,1-3H3,(H,25,27,32)(H,26,28,29)/t16-/m0/s1. The lowest BCUT2D eigenvalue weighted by Gasteiger charge is -2.35. The van der Waals surface area contributed by atoms with Crippen molar-refractivity contribution in [2.24, 2.45) is 0 Å². The first kappa shape index (κ1) is 25.0. The van der Waals surface area contributed by atoms with E-state index in [0.29, 0.717) is 32.1 Å². The molecule has 2 N–H and O–H groups in total. The fourth-order valence-corrected chi connectivity index (χ4v) is 7.13. The number of rotatable bonds is 8. The van der Waals surface area contributed by atoms with Crippen LogP contribution in [0.1, 0.15) is 44.0 Å². The maximum Gasteiger partial charge on any atom is 0.254 e. The fraction of sp³-hybridized carbons (Fsp3) is 0.500. The second kappa shape index (κ2) is 10.0. The van der Waals surface area contributed by atoms with E-state index in [1.54, 1.807) is 0 Å². The number of hydrogen-bond donors (Lipinski definition) is 2. The summed E-state index contributed by atoms with van der Waals surface area (Å²) in [5.74, 6) is 1.99. The maximum atomic E-state index is 13.0. The highest BCUT2D eigenvalue weighted by Gasteiger charge is 2.31. The number of hydrogen-bond acceptors (Lipinski definition) is 9. The number of aryl methyl sites for hydroxylation is 1. The zero-order valence-electron chi connectivity index (χ0n) is 20.7. The Hall–Kier alpha value is -2.67. The number of nitrogens with one attached hydrogen (secondary N) is 2. The van der Waals surface area contributed by atoms with Gasteiger partial charge in [0.25, 0.3) is 10.0 Å². The summed E-state index contributed by atoms with van der Waals surface area (Å²) in [4.78, 5) is 27.2. The minimum atomic E-state index is -3.63. The van der Waals surface area contributed by atoms with E-state index < -0.39 is 10.0 Å². The van der Waals surface area contributed by atoms with E-state index in [1.807, 2.05) is 6.07 Å². The summed E-state index contributed by atoms with van der Waals surface area (Å²) in [6.45, 7) is 8.44. The lowest BCUT2D eigenvalue weighted by Crippen LogP contribution is -2.50. The first-order valence-electron chi connectivity index (χ1n) is 12.2. The molecule has 0 radical (unpaired) electrons. The number of sulfonamides is 1. The van der Waals surface area contributed by atoms with Gasteiger partial charge in [0.2, 0.25) is 5.91 Å². The van der Waals surface area contributed by atoms with E-state index in [2.05, 4.69) is 46.5 Å². The molecule has 36 heavy (non-hydrogen) atoms. The van der Waals surface area contributed by atoms with Crippen molar-refractivity contribution < 1.29 is 13.2 Å². The molecule has 2 aliphatic rings. The van der Waals surface area contributed by atoms with E-state index in [0.717, 1.165) is 58.8 Å². The minimum absolute atomic E-state index is 0.125. The van der Waals surface area contributed by atoms with Crippen LogP contribution < -0.4 is 10.6 Å². The van der Waals surface area contributed by atoms with Crippen LogP contribution in [0.5, 0.6) is 0 Å². The number of carbonyl (C=O) groups excluding carboxylic acids is 1. The predicted octanol–water partition coefficient (Wildman–Crippen LogP) is 3.04. The van der Waals surface area contributed by atoms with Gasteiger partial charge in [0.05, 0.1) is 11.7 Å². The molecule has 10 nitrogen and oxygen atoms in total. The predicted molar refractivity (Wildman–Crippen MR) is 141 cm³/mol. The van der Waals surface area contributed by atoms with Crippen molar-refractivity contribution in [2.45, 2.75) is 49.8 Å². The molecule has 1 amide bonds. The molecule has 2 aromatic heterocycles. The SMILES string of the molecule is CC(=O)Nc1ncc(S(=O)(=O)N2CCN(C[C@H](C)Nc3nc(C4CC4)nc4c(C)cccc34)CC2)s1. The highest BCUT2D eigenvalue weighted by molar-refractivity contribution is 7.91. The van der Waals surface area contributed by atoms with E-state index in [4.69, 9.17) is 9.97 Å². The number of benzene rings is 1. The Kier molecular flexibility index (Phi) is 6.95. The number of piperazine rings is 1. The molecule has 1 aliphatic heterocycles. The third-order valence-corrected chi connectivity index (χ3v) is 9.74. The molecule has 2 fully saturated rings. The van der Waals surface area contributed by atoms with Gasteiger partial charge in [-0.3, -0.25) is 9.69 Å². The second-order valence-electron chi connectivity index (χ2n) is 9.59. The van der Waals surface area contributed by atoms with Crippen LogP contribution in [0.25, 0.3) is 10.9 Å². The molecule has 1 atom stereocenters. The molecular weight excluding hydrogens is 498 g/mol. The summed E-state index contributed by atoms with van der Waals surface area (Å²) >= 11 is 0.975. The number of aromatic nitrogens is 3. The number of para-hydroxylation sites is 1. The van der Waals surface area contributed by atoms with Crippen LogP contribution in [0.3, 0.4) is 0 Å². The Balaban J connectivity index is 1.21. The van der Waals surface area contributed by atoms with Crippen molar-refractivity contribution in [3.05, 3.63) is 35.8 Å². The van der Waals surface area contributed by atoms with Gasteiger partial charge in [-0.1, -0.05) is 23.5 Å². The Morgan fingerprint density at radius 3 is 2.64 bits per heavy atom. The van der Waals surface area contributed by atoms with E-state index >= 15 is 0 Å². The van der Waals surface area contributed by atoms with Gasteiger partial charge in [-0.25, -0.2) is 23.4 Å². The number of carbonyl (C=O) groups is 1. The van der Waals surface area contributed by atoms with Crippen LogP contribution >= 0.6 is 11.3 Å². The fourth-order valence-electron chi connectivity index (χ4n) is 4.48. The molecule has 192 valence electrons. The van der Waals surface area contributed by atoms with Gasteiger partial charge < -0.3 is 10.6 Å². The molecule has 3 heterocycles. The van der Waals surface area contributed by atoms with E-state index in [1.165, 1.54) is 17.4 Å². The molecule has 1 saturated carbocycles. The summed E-state index contributed by atoms with van der Waals surface area (Å²) in [6.07, 6.45) is 3.61. The third-order valence-electron chi connectivity index (χ3n) is 6.50. The highest BCUT2D eigenvalue weighted by Crippen LogP contribution is 2.39. The molecule has 5 rings (SSSR count). The Morgan fingerprint density at radius 1 is 1.19 bits per heavy atom. The van der Waals surface area contributed by atoms with Gasteiger partial charge in [-0.05, 0) is 38.3 Å². The van der Waals surface area contributed by atoms with Crippen molar-refractivity contribution in [3.63, 3.8) is 0 Å². The molecule has 1 aromatic carbocycles. The molecule has 0 bridgehead atoms. The van der Waals surface area contributed by atoms with Crippen LogP contribution in [0.2, 0.25) is 0 Å². The molecule has 0 unspecified atom stereocenters. The number of anilines is 2. The van der Waals surface area contributed by atoms with Crippen molar-refractivity contribution >= 4 is 49.1 Å². The van der Waals surface area contributed by atoms with Gasteiger partial charge in [0.1, 0.15) is 11.6 Å². The molecule has 1 saturated heterocycles. The lowest BCUT2D eigenvalue weighted by atomic mass is 10.1. The number of thiazole rings is 1. The summed E-state index contributed by atoms with van der Waals surface area (Å²) in [5.41, 5.74) is 2.16. The van der Waals surface area contributed by atoms with Crippen molar-refractivity contribution in [1.29, 1.82) is 0 Å². The van der Waals surface area contributed by atoms with E-state index in [-0.39, 0.29) is 21.3 Å². The Labute approximate surface area is 215 Å². The van der Waals surface area contributed by atoms with Crippen LogP contribution in [-0.2, 0) is 14.8 Å². The Morgan fingerprint density at radius 2 is 1.94 bits per heavy atom. The highest BCUT2D eigenvalue weighted by atomic mass is 32.2. The monoisotopic (exact) mass is 529 g/mol.